The van der Waals surface area contributed by atoms with Crippen LogP contribution in [0.5, 0.6) is 0 Å². The van der Waals surface area contributed by atoms with Crippen LogP contribution in [0, 0.1) is 5.82 Å². The molecular weight excluding hydrogens is 299 g/mol. The van der Waals surface area contributed by atoms with Crippen molar-refractivity contribution in [3.05, 3.63) is 47.4 Å². The Morgan fingerprint density at radius 2 is 2.05 bits per heavy atom. The molecule has 0 aromatic heterocycles. The summed E-state index contributed by atoms with van der Waals surface area (Å²) < 4.78 is 41.8. The minimum atomic E-state index is -4.05. The van der Waals surface area contributed by atoms with Gasteiger partial charge in [-0.25, -0.2) is 9.18 Å². The van der Waals surface area contributed by atoms with Gasteiger partial charge in [0.2, 0.25) is 0 Å². The summed E-state index contributed by atoms with van der Waals surface area (Å²) in [5.74, 6) is -1.84. The molecule has 0 unspecified atom stereocenters. The highest BCUT2D eigenvalue weighted by Crippen LogP contribution is 2.21. The molecule has 0 saturated heterocycles. The fraction of sp³-hybridized carbons (Fsp3) is 0.231. The minimum Gasteiger partial charge on any atom is -0.478 e. The first-order valence-electron chi connectivity index (χ1n) is 6.14. The number of carboxylic acids is 1. The molecule has 0 aliphatic carbocycles. The van der Waals surface area contributed by atoms with Crippen LogP contribution in [0.4, 0.5) is 4.39 Å². The van der Waals surface area contributed by atoms with Crippen molar-refractivity contribution in [3.63, 3.8) is 0 Å². The van der Waals surface area contributed by atoms with E-state index in [9.17, 15) is 17.6 Å². The fourth-order valence-electron chi connectivity index (χ4n) is 1.88. The van der Waals surface area contributed by atoms with E-state index in [1.165, 1.54) is 18.2 Å². The number of hydrogen-bond acceptors (Lipinski definition) is 3. The first-order chi connectivity index (χ1) is 9.85. The Balaban J connectivity index is 2.42. The maximum absolute atomic E-state index is 13.6. The standard InChI is InChI=1S/C13H13FN2O4S/c1-2-12-10(13(17)18)8-16(21(19,20)15-12)7-9-5-3-4-6-11(9)14/h3-6,8H,2,7H2,1H3,(H,17,18). The number of carboxylic acid groups (broad SMARTS) is 1. The number of hydrogen-bond donors (Lipinski definition) is 1. The normalized spacial score (nSPS) is 17.1. The highest BCUT2D eigenvalue weighted by Gasteiger charge is 2.29. The minimum absolute atomic E-state index is 0.0210. The van der Waals surface area contributed by atoms with E-state index in [0.717, 1.165) is 10.5 Å². The Morgan fingerprint density at radius 1 is 1.38 bits per heavy atom. The predicted octanol–water partition coefficient (Wildman–Crippen LogP) is 1.71. The van der Waals surface area contributed by atoms with Crippen molar-refractivity contribution in [2.45, 2.75) is 19.9 Å². The fourth-order valence-corrected chi connectivity index (χ4v) is 3.03. The number of carbonyl (C=O) groups is 1. The molecule has 21 heavy (non-hydrogen) atoms. The molecule has 1 aliphatic heterocycles. The number of halogens is 1. The van der Waals surface area contributed by atoms with Gasteiger partial charge < -0.3 is 5.11 Å². The zero-order valence-corrected chi connectivity index (χ0v) is 12.0. The largest absolute Gasteiger partial charge is 0.478 e. The molecule has 112 valence electrons. The lowest BCUT2D eigenvalue weighted by Crippen LogP contribution is -2.32. The van der Waals surface area contributed by atoms with Gasteiger partial charge in [0.25, 0.3) is 0 Å². The lowest BCUT2D eigenvalue weighted by Gasteiger charge is -2.23. The van der Waals surface area contributed by atoms with Crippen LogP contribution < -0.4 is 0 Å². The van der Waals surface area contributed by atoms with Crippen LogP contribution >= 0.6 is 0 Å². The molecule has 1 aromatic rings. The molecule has 1 heterocycles. The average molecular weight is 312 g/mol. The van der Waals surface area contributed by atoms with Crippen molar-refractivity contribution in [2.75, 3.05) is 0 Å². The molecule has 1 aliphatic rings. The summed E-state index contributed by atoms with van der Waals surface area (Å²) in [5.41, 5.74) is -0.0897. The number of nitrogens with zero attached hydrogens (tertiary/aromatic N) is 2. The monoisotopic (exact) mass is 312 g/mol. The number of rotatable bonds is 4. The van der Waals surface area contributed by atoms with Crippen LogP contribution in [0.15, 0.2) is 40.4 Å². The molecule has 0 atom stereocenters. The number of benzene rings is 1. The molecule has 0 spiro atoms. The van der Waals surface area contributed by atoms with Gasteiger partial charge in [0.05, 0.1) is 17.8 Å². The Hall–Kier alpha value is -2.22. The van der Waals surface area contributed by atoms with Gasteiger partial charge in [-0.05, 0) is 12.5 Å². The van der Waals surface area contributed by atoms with Crippen molar-refractivity contribution >= 4 is 21.9 Å². The maximum Gasteiger partial charge on any atom is 0.344 e. The van der Waals surface area contributed by atoms with Crippen molar-refractivity contribution in [2.24, 2.45) is 4.40 Å². The summed E-state index contributed by atoms with van der Waals surface area (Å²) in [6.45, 7) is 1.30. The maximum atomic E-state index is 13.6. The van der Waals surface area contributed by atoms with Gasteiger partial charge in [0.15, 0.2) is 0 Å². The molecule has 1 N–H and O–H groups in total. The Kier molecular flexibility index (Phi) is 4.08. The summed E-state index contributed by atoms with van der Waals surface area (Å²) in [5, 5.41) is 9.10. The Labute approximate surface area is 121 Å². The molecule has 8 heteroatoms. The molecular formula is C13H13FN2O4S. The smallest absolute Gasteiger partial charge is 0.344 e. The van der Waals surface area contributed by atoms with Crippen LogP contribution in [0.25, 0.3) is 0 Å². The van der Waals surface area contributed by atoms with E-state index in [1.54, 1.807) is 13.0 Å². The van der Waals surface area contributed by atoms with Crippen LogP contribution in [0.1, 0.15) is 18.9 Å². The van der Waals surface area contributed by atoms with Crippen LogP contribution in [-0.2, 0) is 21.5 Å². The van der Waals surface area contributed by atoms with Crippen molar-refractivity contribution in [1.29, 1.82) is 0 Å². The molecule has 0 radical (unpaired) electrons. The first kappa shape index (κ1) is 15.2. The van der Waals surface area contributed by atoms with E-state index in [-0.39, 0.29) is 29.8 Å². The lowest BCUT2D eigenvalue weighted by molar-refractivity contribution is -0.132. The molecule has 0 fully saturated rings. The van der Waals surface area contributed by atoms with E-state index < -0.39 is 22.0 Å². The van der Waals surface area contributed by atoms with E-state index in [1.807, 2.05) is 0 Å². The van der Waals surface area contributed by atoms with Gasteiger partial charge in [-0.15, -0.1) is 4.40 Å². The zero-order chi connectivity index (χ0) is 15.6. The van der Waals surface area contributed by atoms with E-state index in [0.29, 0.717) is 0 Å². The second-order valence-electron chi connectivity index (χ2n) is 4.35. The SMILES string of the molecule is CCC1=NS(=O)(=O)N(Cc2ccccc2F)C=C1C(=O)O. The summed E-state index contributed by atoms with van der Waals surface area (Å²) in [6, 6.07) is 5.68. The third-order valence-electron chi connectivity index (χ3n) is 2.96. The first-order valence-corrected chi connectivity index (χ1v) is 7.54. The summed E-state index contributed by atoms with van der Waals surface area (Å²) >= 11 is 0. The van der Waals surface area contributed by atoms with Gasteiger partial charge in [-0.2, -0.15) is 8.42 Å². The molecule has 0 amide bonds. The Morgan fingerprint density at radius 3 is 2.62 bits per heavy atom. The Bertz CT molecular complexity index is 740. The van der Waals surface area contributed by atoms with Crippen LogP contribution in [-0.4, -0.2) is 29.5 Å². The second-order valence-corrected chi connectivity index (χ2v) is 5.90. The highest BCUT2D eigenvalue weighted by molar-refractivity contribution is 7.88. The summed E-state index contributed by atoms with van der Waals surface area (Å²) in [7, 11) is -4.05. The van der Waals surface area contributed by atoms with Crippen LogP contribution in [0.3, 0.4) is 0 Å². The lowest BCUT2D eigenvalue weighted by atomic mass is 10.1. The van der Waals surface area contributed by atoms with Gasteiger partial charge in [-0.1, -0.05) is 25.1 Å². The van der Waals surface area contributed by atoms with Gasteiger partial charge in [-0.3, -0.25) is 4.31 Å². The third-order valence-corrected chi connectivity index (χ3v) is 4.23. The van der Waals surface area contributed by atoms with Gasteiger partial charge >= 0.3 is 16.2 Å². The molecule has 0 saturated carbocycles. The second kappa shape index (κ2) is 5.65. The molecule has 6 nitrogen and oxygen atoms in total. The van der Waals surface area contributed by atoms with Gasteiger partial charge in [0, 0.05) is 11.8 Å². The van der Waals surface area contributed by atoms with Crippen molar-refractivity contribution in [3.8, 4) is 0 Å². The van der Waals surface area contributed by atoms with E-state index in [4.69, 9.17) is 5.11 Å². The predicted molar refractivity (Wildman–Crippen MR) is 74.3 cm³/mol. The van der Waals surface area contributed by atoms with E-state index >= 15 is 0 Å². The molecule has 0 bridgehead atoms. The molecule has 2 rings (SSSR count). The van der Waals surface area contributed by atoms with Crippen molar-refractivity contribution in [1.82, 2.24) is 4.31 Å². The van der Waals surface area contributed by atoms with Crippen molar-refractivity contribution < 1.29 is 22.7 Å². The number of aliphatic carboxylic acids is 1. The van der Waals surface area contributed by atoms with E-state index in [2.05, 4.69) is 4.40 Å². The quantitative estimate of drug-likeness (QED) is 0.917. The van der Waals surface area contributed by atoms with Gasteiger partial charge in [0.1, 0.15) is 5.82 Å². The van der Waals surface area contributed by atoms with Crippen LogP contribution in [0.2, 0.25) is 0 Å². The third kappa shape index (κ3) is 3.10. The summed E-state index contributed by atoms with van der Waals surface area (Å²) in [6.07, 6.45) is 1.15. The highest BCUT2D eigenvalue weighted by atomic mass is 32.2. The topological polar surface area (TPSA) is 87.0 Å². The summed E-state index contributed by atoms with van der Waals surface area (Å²) in [4.78, 5) is 11.2. The zero-order valence-electron chi connectivity index (χ0n) is 11.2. The average Bonchev–Trinajstić information content (AvgIpc) is 2.42. The molecule has 1 aromatic carbocycles.